The highest BCUT2D eigenvalue weighted by atomic mass is 32.1. The van der Waals surface area contributed by atoms with Crippen molar-refractivity contribution in [1.82, 2.24) is 10.2 Å². The average molecular weight is 174 g/mol. The molecule has 0 saturated carbocycles. The van der Waals surface area contributed by atoms with Gasteiger partial charge >= 0.3 is 0 Å². The van der Waals surface area contributed by atoms with Gasteiger partial charge in [-0.2, -0.15) is 12.6 Å². The third-order valence-electron chi connectivity index (χ3n) is 1.04. The maximum Gasteiger partial charge on any atom is 0.118 e. The van der Waals surface area contributed by atoms with Crippen LogP contribution in [0, 0.1) is 6.92 Å². The Balaban J connectivity index is 2.58. The van der Waals surface area contributed by atoms with Gasteiger partial charge in [0.15, 0.2) is 0 Å². The summed E-state index contributed by atoms with van der Waals surface area (Å²) in [5, 5.41) is 10.4. The van der Waals surface area contributed by atoms with Crippen LogP contribution in [0.5, 0.6) is 0 Å². The van der Waals surface area contributed by atoms with Crippen molar-refractivity contribution in [2.45, 2.75) is 25.5 Å². The van der Waals surface area contributed by atoms with Crippen LogP contribution in [0.2, 0.25) is 0 Å². The number of thiol groups is 1. The van der Waals surface area contributed by atoms with Gasteiger partial charge in [-0.3, -0.25) is 0 Å². The molecule has 0 aliphatic heterocycles. The number of aromatic nitrogens is 2. The summed E-state index contributed by atoms with van der Waals surface area (Å²) in [5.41, 5.74) is 0. The Morgan fingerprint density at radius 2 is 2.30 bits per heavy atom. The van der Waals surface area contributed by atoms with E-state index in [1.165, 1.54) is 0 Å². The van der Waals surface area contributed by atoms with Crippen molar-refractivity contribution in [3.63, 3.8) is 0 Å². The highest BCUT2D eigenvalue weighted by molar-refractivity contribution is 7.80. The van der Waals surface area contributed by atoms with Gasteiger partial charge in [-0.05, 0) is 6.92 Å². The molecule has 1 rings (SSSR count). The fraction of sp³-hybridized carbons (Fsp3) is 0.667. The third kappa shape index (κ3) is 2.27. The van der Waals surface area contributed by atoms with Gasteiger partial charge in [-0.15, -0.1) is 21.5 Å². The van der Waals surface area contributed by atoms with Crippen molar-refractivity contribution in [2.24, 2.45) is 0 Å². The molecule has 0 amide bonds. The Hall–Kier alpha value is -0.0900. The molecule has 0 saturated heterocycles. The summed E-state index contributed by atoms with van der Waals surface area (Å²) in [6.45, 7) is 4.02. The van der Waals surface area contributed by atoms with Gasteiger partial charge in [0.05, 0.1) is 0 Å². The molecular formula is C6H10N2S2. The van der Waals surface area contributed by atoms with Crippen molar-refractivity contribution in [3.8, 4) is 0 Å². The van der Waals surface area contributed by atoms with Gasteiger partial charge in [0.2, 0.25) is 0 Å². The van der Waals surface area contributed by atoms with Crippen molar-refractivity contribution >= 4 is 24.0 Å². The summed E-state index contributed by atoms with van der Waals surface area (Å²) in [6, 6.07) is 0. The molecule has 1 aromatic rings. The highest BCUT2D eigenvalue weighted by Crippen LogP contribution is 2.11. The molecule has 0 aliphatic rings. The lowest BCUT2D eigenvalue weighted by Crippen LogP contribution is -1.95. The van der Waals surface area contributed by atoms with E-state index in [9.17, 15) is 0 Å². The van der Waals surface area contributed by atoms with E-state index in [4.69, 9.17) is 0 Å². The molecule has 0 spiro atoms. The van der Waals surface area contributed by atoms with E-state index >= 15 is 0 Å². The molecule has 0 radical (unpaired) electrons. The lowest BCUT2D eigenvalue weighted by atomic mass is 10.3. The van der Waals surface area contributed by atoms with E-state index < -0.39 is 0 Å². The first-order valence-corrected chi connectivity index (χ1v) is 4.49. The van der Waals surface area contributed by atoms with E-state index in [2.05, 4.69) is 29.7 Å². The first-order chi connectivity index (χ1) is 4.68. The molecule has 0 aromatic carbocycles. The lowest BCUT2D eigenvalue weighted by Gasteiger charge is -1.95. The van der Waals surface area contributed by atoms with Crippen LogP contribution in [0.15, 0.2) is 0 Å². The van der Waals surface area contributed by atoms with Crippen LogP contribution in [0.3, 0.4) is 0 Å². The lowest BCUT2D eigenvalue weighted by molar-refractivity contribution is 0.893. The van der Waals surface area contributed by atoms with E-state index in [1.807, 2.05) is 6.92 Å². The van der Waals surface area contributed by atoms with E-state index in [0.717, 1.165) is 16.4 Å². The minimum absolute atomic E-state index is 0.382. The Morgan fingerprint density at radius 3 is 2.70 bits per heavy atom. The van der Waals surface area contributed by atoms with Crippen molar-refractivity contribution in [1.29, 1.82) is 0 Å². The van der Waals surface area contributed by atoms with E-state index in [0.29, 0.717) is 5.25 Å². The normalized spacial score (nSPS) is 13.5. The predicted molar refractivity (Wildman–Crippen MR) is 46.8 cm³/mol. The smallest absolute Gasteiger partial charge is 0.118 e. The van der Waals surface area contributed by atoms with Crippen LogP contribution in [0.4, 0.5) is 0 Å². The number of aryl methyl sites for hydroxylation is 1. The van der Waals surface area contributed by atoms with Crippen LogP contribution < -0.4 is 0 Å². The van der Waals surface area contributed by atoms with Crippen LogP contribution >= 0.6 is 24.0 Å². The summed E-state index contributed by atoms with van der Waals surface area (Å²) < 4.78 is 0. The SMILES string of the molecule is Cc1nnc(CC(C)S)s1. The summed E-state index contributed by atoms with van der Waals surface area (Å²) in [5.74, 6) is 0. The van der Waals surface area contributed by atoms with Crippen LogP contribution in [-0.2, 0) is 6.42 Å². The quantitative estimate of drug-likeness (QED) is 0.691. The average Bonchev–Trinajstić information content (AvgIpc) is 2.13. The molecule has 0 fully saturated rings. The predicted octanol–water partition coefficient (Wildman–Crippen LogP) is 1.71. The molecule has 0 aliphatic carbocycles. The molecule has 1 aromatic heterocycles. The standard InChI is InChI=1S/C6H10N2S2/c1-4(9)3-6-8-7-5(2)10-6/h4,9H,3H2,1-2H3. The van der Waals surface area contributed by atoms with Gasteiger partial charge in [0.1, 0.15) is 10.0 Å². The minimum atomic E-state index is 0.382. The third-order valence-corrected chi connectivity index (χ3v) is 2.08. The molecule has 1 unspecified atom stereocenters. The summed E-state index contributed by atoms with van der Waals surface area (Å²) in [7, 11) is 0. The van der Waals surface area contributed by atoms with Gasteiger partial charge in [0.25, 0.3) is 0 Å². The zero-order valence-corrected chi connectivity index (χ0v) is 7.75. The maximum absolute atomic E-state index is 4.26. The molecule has 56 valence electrons. The van der Waals surface area contributed by atoms with Crippen LogP contribution in [0.1, 0.15) is 16.9 Å². The topological polar surface area (TPSA) is 25.8 Å². The molecular weight excluding hydrogens is 164 g/mol. The molecule has 0 bridgehead atoms. The second kappa shape index (κ2) is 3.34. The summed E-state index contributed by atoms with van der Waals surface area (Å²) in [6.07, 6.45) is 0.925. The van der Waals surface area contributed by atoms with Crippen LogP contribution in [-0.4, -0.2) is 15.4 Å². The Labute approximate surface area is 70.1 Å². The zero-order valence-electron chi connectivity index (χ0n) is 6.03. The molecule has 10 heavy (non-hydrogen) atoms. The first kappa shape index (κ1) is 8.01. The van der Waals surface area contributed by atoms with E-state index in [1.54, 1.807) is 11.3 Å². The van der Waals surface area contributed by atoms with Gasteiger partial charge in [-0.25, -0.2) is 0 Å². The van der Waals surface area contributed by atoms with Gasteiger partial charge in [-0.1, -0.05) is 6.92 Å². The van der Waals surface area contributed by atoms with Crippen molar-refractivity contribution < 1.29 is 0 Å². The molecule has 0 N–H and O–H groups in total. The molecule has 4 heteroatoms. The fourth-order valence-electron chi connectivity index (χ4n) is 0.673. The molecule has 2 nitrogen and oxygen atoms in total. The second-order valence-corrected chi connectivity index (χ2v) is 4.42. The zero-order chi connectivity index (χ0) is 7.56. The largest absolute Gasteiger partial charge is 0.176 e. The van der Waals surface area contributed by atoms with Crippen molar-refractivity contribution in [3.05, 3.63) is 10.0 Å². The number of rotatable bonds is 2. The van der Waals surface area contributed by atoms with Crippen LogP contribution in [0.25, 0.3) is 0 Å². The fourth-order valence-corrected chi connectivity index (χ4v) is 1.81. The van der Waals surface area contributed by atoms with Gasteiger partial charge < -0.3 is 0 Å². The number of hydrogen-bond acceptors (Lipinski definition) is 4. The Kier molecular flexibility index (Phi) is 2.68. The minimum Gasteiger partial charge on any atom is -0.176 e. The monoisotopic (exact) mass is 174 g/mol. The Bertz CT molecular complexity index is 207. The second-order valence-electron chi connectivity index (χ2n) is 2.27. The molecule has 1 atom stereocenters. The van der Waals surface area contributed by atoms with E-state index in [-0.39, 0.29) is 0 Å². The summed E-state index contributed by atoms with van der Waals surface area (Å²) in [4.78, 5) is 0. The maximum atomic E-state index is 4.26. The molecule has 1 heterocycles. The van der Waals surface area contributed by atoms with Gasteiger partial charge in [0, 0.05) is 11.7 Å². The Morgan fingerprint density at radius 1 is 1.60 bits per heavy atom. The highest BCUT2D eigenvalue weighted by Gasteiger charge is 2.02. The first-order valence-electron chi connectivity index (χ1n) is 3.15. The number of hydrogen-bond donors (Lipinski definition) is 1. The summed E-state index contributed by atoms with van der Waals surface area (Å²) >= 11 is 5.90. The number of nitrogens with zero attached hydrogens (tertiary/aromatic N) is 2. The van der Waals surface area contributed by atoms with Crippen molar-refractivity contribution in [2.75, 3.05) is 0 Å².